The van der Waals surface area contributed by atoms with Crippen LogP contribution in [0.3, 0.4) is 0 Å². The third kappa shape index (κ3) is 4.54. The molecule has 0 saturated heterocycles. The van der Waals surface area contributed by atoms with Gasteiger partial charge in [-0.2, -0.15) is 0 Å². The molecule has 1 unspecified atom stereocenters. The van der Waals surface area contributed by atoms with Gasteiger partial charge in [0.1, 0.15) is 5.75 Å². The zero-order valence-electron chi connectivity index (χ0n) is 10.00. The molecular formula is C12H16F3NO2. The van der Waals surface area contributed by atoms with E-state index in [1.165, 1.54) is 18.2 Å². The van der Waals surface area contributed by atoms with Crippen LogP contribution < -0.4 is 10.1 Å². The van der Waals surface area contributed by atoms with Gasteiger partial charge in [0.25, 0.3) is 0 Å². The van der Waals surface area contributed by atoms with Gasteiger partial charge in [-0.05, 0) is 19.0 Å². The number of hydrogen-bond acceptors (Lipinski definition) is 3. The first-order chi connectivity index (χ1) is 8.48. The molecule has 0 aliphatic rings. The smallest absolute Gasteiger partial charge is 0.405 e. The number of nitrogens with one attached hydrogen (secondary N) is 1. The Balaban J connectivity index is 2.91. The number of hydrogen-bond donors (Lipinski definition) is 2. The fourth-order valence-electron chi connectivity index (χ4n) is 1.58. The summed E-state index contributed by atoms with van der Waals surface area (Å²) in [6, 6.07) is 5.24. The van der Waals surface area contributed by atoms with E-state index >= 15 is 0 Å². The Morgan fingerprint density at radius 2 is 2.00 bits per heavy atom. The fourth-order valence-corrected chi connectivity index (χ4v) is 1.58. The highest BCUT2D eigenvalue weighted by molar-refractivity contribution is 5.36. The Kier molecular flexibility index (Phi) is 5.43. The molecule has 1 aromatic rings. The molecule has 0 aromatic heterocycles. The minimum atomic E-state index is -4.74. The first-order valence-electron chi connectivity index (χ1n) is 5.67. The molecule has 18 heavy (non-hydrogen) atoms. The van der Waals surface area contributed by atoms with Crippen molar-refractivity contribution in [3.63, 3.8) is 0 Å². The number of ether oxygens (including phenoxy) is 1. The average Bonchev–Trinajstić information content (AvgIpc) is 2.30. The van der Waals surface area contributed by atoms with Gasteiger partial charge in [-0.1, -0.05) is 25.1 Å². The molecule has 1 rings (SSSR count). The topological polar surface area (TPSA) is 41.5 Å². The minimum Gasteiger partial charge on any atom is -0.405 e. The zero-order chi connectivity index (χ0) is 13.6. The first-order valence-corrected chi connectivity index (χ1v) is 5.67. The van der Waals surface area contributed by atoms with Gasteiger partial charge in [0.2, 0.25) is 0 Å². The predicted molar refractivity (Wildman–Crippen MR) is 61.2 cm³/mol. The van der Waals surface area contributed by atoms with Crippen molar-refractivity contribution in [1.82, 2.24) is 5.32 Å². The summed E-state index contributed by atoms with van der Waals surface area (Å²) < 4.78 is 40.7. The van der Waals surface area contributed by atoms with Crippen LogP contribution in [0.15, 0.2) is 24.3 Å². The molecule has 0 fully saturated rings. The highest BCUT2D eigenvalue weighted by Gasteiger charge is 2.32. The van der Waals surface area contributed by atoms with Crippen molar-refractivity contribution >= 4 is 0 Å². The molecule has 0 heterocycles. The van der Waals surface area contributed by atoms with E-state index in [1.807, 2.05) is 6.92 Å². The minimum absolute atomic E-state index is 0.285. The number of aliphatic hydroxyl groups is 1. The van der Waals surface area contributed by atoms with Gasteiger partial charge in [-0.3, -0.25) is 0 Å². The molecular weight excluding hydrogens is 247 g/mol. The molecule has 0 aliphatic carbocycles. The summed E-state index contributed by atoms with van der Waals surface area (Å²) in [4.78, 5) is 0. The van der Waals surface area contributed by atoms with E-state index in [9.17, 15) is 18.3 Å². The van der Waals surface area contributed by atoms with Crippen molar-refractivity contribution in [2.45, 2.75) is 25.7 Å². The summed E-state index contributed by atoms with van der Waals surface area (Å²) in [5.41, 5.74) is 0.297. The molecule has 0 aliphatic heterocycles. The lowest BCUT2D eigenvalue weighted by Gasteiger charge is -2.20. The zero-order valence-corrected chi connectivity index (χ0v) is 10.00. The van der Waals surface area contributed by atoms with Crippen LogP contribution in [0.25, 0.3) is 0 Å². The van der Waals surface area contributed by atoms with Gasteiger partial charge < -0.3 is 15.2 Å². The highest BCUT2D eigenvalue weighted by atomic mass is 19.4. The molecule has 0 radical (unpaired) electrons. The quantitative estimate of drug-likeness (QED) is 0.829. The van der Waals surface area contributed by atoms with Gasteiger partial charge in [0.15, 0.2) is 0 Å². The van der Waals surface area contributed by atoms with E-state index in [2.05, 4.69) is 10.1 Å². The van der Waals surface area contributed by atoms with E-state index in [-0.39, 0.29) is 12.4 Å². The van der Waals surface area contributed by atoms with E-state index in [0.717, 1.165) is 6.42 Å². The summed E-state index contributed by atoms with van der Waals surface area (Å²) >= 11 is 0. The van der Waals surface area contributed by atoms with Crippen LogP contribution in [0, 0.1) is 0 Å². The Morgan fingerprint density at radius 3 is 2.56 bits per heavy atom. The largest absolute Gasteiger partial charge is 0.573 e. The Hall–Kier alpha value is -1.27. The van der Waals surface area contributed by atoms with Crippen LogP contribution in [0.5, 0.6) is 5.75 Å². The molecule has 0 amide bonds. The van der Waals surface area contributed by atoms with Crippen molar-refractivity contribution in [1.29, 1.82) is 0 Å². The van der Waals surface area contributed by atoms with Crippen molar-refractivity contribution in [3.8, 4) is 5.75 Å². The number of para-hydroxylation sites is 1. The summed E-state index contributed by atoms with van der Waals surface area (Å²) in [6.45, 7) is 2.24. The molecule has 3 nitrogen and oxygen atoms in total. The molecule has 102 valence electrons. The summed E-state index contributed by atoms with van der Waals surface area (Å²) in [5.74, 6) is -0.285. The van der Waals surface area contributed by atoms with Crippen molar-refractivity contribution in [3.05, 3.63) is 29.8 Å². The molecule has 0 spiro atoms. The lowest BCUT2D eigenvalue weighted by molar-refractivity contribution is -0.275. The second-order valence-corrected chi connectivity index (χ2v) is 3.77. The lowest BCUT2D eigenvalue weighted by Crippen LogP contribution is -2.27. The summed E-state index contributed by atoms with van der Waals surface area (Å²) in [5, 5.41) is 12.2. The Morgan fingerprint density at radius 1 is 1.33 bits per heavy atom. The summed E-state index contributed by atoms with van der Waals surface area (Å²) in [7, 11) is 0. The van der Waals surface area contributed by atoms with Crippen LogP contribution in [0.1, 0.15) is 24.9 Å². The second-order valence-electron chi connectivity index (χ2n) is 3.77. The van der Waals surface area contributed by atoms with Gasteiger partial charge in [-0.15, -0.1) is 13.2 Å². The SMILES string of the molecule is CCCNC(CO)c1ccccc1OC(F)(F)F. The van der Waals surface area contributed by atoms with E-state index in [1.54, 1.807) is 6.07 Å². The van der Waals surface area contributed by atoms with Crippen LogP contribution >= 0.6 is 0 Å². The molecule has 1 aromatic carbocycles. The van der Waals surface area contributed by atoms with Crippen LogP contribution in [-0.2, 0) is 0 Å². The number of halogens is 3. The predicted octanol–water partition coefficient (Wildman–Crippen LogP) is 2.62. The van der Waals surface area contributed by atoms with Gasteiger partial charge in [-0.25, -0.2) is 0 Å². The number of benzene rings is 1. The van der Waals surface area contributed by atoms with Gasteiger partial charge in [0.05, 0.1) is 12.6 Å². The second kappa shape index (κ2) is 6.61. The first kappa shape index (κ1) is 14.8. The maximum Gasteiger partial charge on any atom is 0.573 e. The maximum absolute atomic E-state index is 12.2. The Labute approximate surface area is 104 Å². The van der Waals surface area contributed by atoms with Crippen molar-refractivity contribution in [2.75, 3.05) is 13.2 Å². The normalized spacial score (nSPS) is 13.4. The molecule has 1 atom stereocenters. The third-order valence-electron chi connectivity index (χ3n) is 2.34. The number of alkyl halides is 3. The third-order valence-corrected chi connectivity index (χ3v) is 2.34. The molecule has 0 saturated carbocycles. The average molecular weight is 263 g/mol. The molecule has 0 bridgehead atoms. The Bertz CT molecular complexity index is 369. The standard InChI is InChI=1S/C12H16F3NO2/c1-2-7-16-10(8-17)9-5-3-4-6-11(9)18-12(13,14)15/h3-6,10,16-17H,2,7-8H2,1H3. The van der Waals surface area contributed by atoms with Crippen molar-refractivity contribution < 1.29 is 23.0 Å². The van der Waals surface area contributed by atoms with Gasteiger partial charge in [0, 0.05) is 5.56 Å². The van der Waals surface area contributed by atoms with Crippen molar-refractivity contribution in [2.24, 2.45) is 0 Å². The monoisotopic (exact) mass is 263 g/mol. The highest BCUT2D eigenvalue weighted by Crippen LogP contribution is 2.30. The van der Waals surface area contributed by atoms with Crippen LogP contribution in [0.4, 0.5) is 13.2 Å². The lowest BCUT2D eigenvalue weighted by atomic mass is 10.1. The van der Waals surface area contributed by atoms with Gasteiger partial charge >= 0.3 is 6.36 Å². The van der Waals surface area contributed by atoms with E-state index in [4.69, 9.17) is 0 Å². The molecule has 2 N–H and O–H groups in total. The number of rotatable bonds is 6. The fraction of sp³-hybridized carbons (Fsp3) is 0.500. The summed E-state index contributed by atoms with van der Waals surface area (Å²) in [6.07, 6.45) is -3.92. The maximum atomic E-state index is 12.2. The van der Waals surface area contributed by atoms with E-state index in [0.29, 0.717) is 12.1 Å². The van der Waals surface area contributed by atoms with Crippen LogP contribution in [0.2, 0.25) is 0 Å². The van der Waals surface area contributed by atoms with E-state index < -0.39 is 12.4 Å². The molecule has 6 heteroatoms. The number of aliphatic hydroxyl groups excluding tert-OH is 1. The van der Waals surface area contributed by atoms with Crippen LogP contribution in [-0.4, -0.2) is 24.6 Å².